The summed E-state index contributed by atoms with van der Waals surface area (Å²) in [5.41, 5.74) is 2.82. The number of carbonyl (C=O) groups is 3. The van der Waals surface area contributed by atoms with Crippen LogP contribution >= 0.6 is 11.3 Å². The molecule has 1 aromatic heterocycles. The highest BCUT2D eigenvalue weighted by Crippen LogP contribution is 2.34. The van der Waals surface area contributed by atoms with Crippen molar-refractivity contribution in [3.05, 3.63) is 47.5 Å². The molecule has 0 spiro atoms. The van der Waals surface area contributed by atoms with E-state index in [4.69, 9.17) is 4.74 Å². The van der Waals surface area contributed by atoms with Crippen LogP contribution in [0.2, 0.25) is 0 Å². The molecular formula is C25H28N4O7S2. The standard InChI is InChI=1S/C25H28N4O7S2/c1-35-11-12-38(33,34)22(23(31)26-14-21(30)27-17-8-9-17)24-29-19-10-5-16(13-20(19)37-24)15-3-6-18(7-4-15)28-25(32)36-2/h3-7,10,13,17,22H,8-9,11-12,14H2,1-2H3,(H,26,31)(H,27,30)(H,28,32). The van der Waals surface area contributed by atoms with E-state index in [9.17, 15) is 22.8 Å². The summed E-state index contributed by atoms with van der Waals surface area (Å²) in [6, 6.07) is 12.7. The van der Waals surface area contributed by atoms with Gasteiger partial charge in [-0.05, 0) is 48.2 Å². The third-order valence-corrected chi connectivity index (χ3v) is 8.94. The highest BCUT2D eigenvalue weighted by atomic mass is 32.2. The van der Waals surface area contributed by atoms with E-state index in [0.29, 0.717) is 15.9 Å². The predicted octanol–water partition coefficient (Wildman–Crippen LogP) is 2.64. The number of hydrogen-bond donors (Lipinski definition) is 3. The lowest BCUT2D eigenvalue weighted by Gasteiger charge is -2.15. The van der Waals surface area contributed by atoms with Crippen molar-refractivity contribution in [2.45, 2.75) is 24.1 Å². The fraction of sp³-hybridized carbons (Fsp3) is 0.360. The fourth-order valence-electron chi connectivity index (χ4n) is 3.66. The minimum Gasteiger partial charge on any atom is -0.453 e. The maximum absolute atomic E-state index is 13.1. The molecule has 0 saturated heterocycles. The number of carbonyl (C=O) groups excluding carboxylic acids is 3. The summed E-state index contributed by atoms with van der Waals surface area (Å²) < 4.78 is 36.5. The van der Waals surface area contributed by atoms with Gasteiger partial charge in [0.2, 0.25) is 11.8 Å². The number of thiazole rings is 1. The minimum atomic E-state index is -3.99. The number of fused-ring (bicyclic) bond motifs is 1. The Hall–Kier alpha value is -3.55. The van der Waals surface area contributed by atoms with Gasteiger partial charge in [-0.2, -0.15) is 0 Å². The molecule has 0 bridgehead atoms. The molecule has 2 aromatic carbocycles. The quantitative estimate of drug-likeness (QED) is 0.324. The van der Waals surface area contributed by atoms with Gasteiger partial charge in [0, 0.05) is 18.8 Å². The summed E-state index contributed by atoms with van der Waals surface area (Å²) >= 11 is 1.11. The van der Waals surface area contributed by atoms with Gasteiger partial charge in [0.25, 0.3) is 0 Å². The molecule has 202 valence electrons. The summed E-state index contributed by atoms with van der Waals surface area (Å²) in [5.74, 6) is -1.54. The van der Waals surface area contributed by atoms with Crippen LogP contribution in [0.15, 0.2) is 42.5 Å². The summed E-state index contributed by atoms with van der Waals surface area (Å²) in [5, 5.41) is 6.34. The summed E-state index contributed by atoms with van der Waals surface area (Å²) in [6.07, 6.45) is 1.23. The highest BCUT2D eigenvalue weighted by Gasteiger charge is 2.37. The maximum atomic E-state index is 13.1. The molecule has 3 aromatic rings. The number of hydrogen-bond acceptors (Lipinski definition) is 9. The molecule has 3 N–H and O–H groups in total. The van der Waals surface area contributed by atoms with E-state index in [-0.39, 0.29) is 35.9 Å². The van der Waals surface area contributed by atoms with Crippen LogP contribution in [0.5, 0.6) is 0 Å². The van der Waals surface area contributed by atoms with Crippen molar-refractivity contribution >= 4 is 55.0 Å². The molecule has 3 amide bonds. The van der Waals surface area contributed by atoms with E-state index < -0.39 is 27.1 Å². The number of sulfone groups is 1. The monoisotopic (exact) mass is 560 g/mol. The van der Waals surface area contributed by atoms with Crippen molar-refractivity contribution in [2.75, 3.05) is 38.4 Å². The van der Waals surface area contributed by atoms with Crippen molar-refractivity contribution < 1.29 is 32.3 Å². The number of nitrogens with zero attached hydrogens (tertiary/aromatic N) is 1. The highest BCUT2D eigenvalue weighted by molar-refractivity contribution is 7.92. The Morgan fingerprint density at radius 2 is 1.79 bits per heavy atom. The predicted molar refractivity (Wildman–Crippen MR) is 144 cm³/mol. The lowest BCUT2D eigenvalue weighted by molar-refractivity contribution is -0.126. The first-order valence-electron chi connectivity index (χ1n) is 11.8. The van der Waals surface area contributed by atoms with E-state index >= 15 is 0 Å². The first-order valence-corrected chi connectivity index (χ1v) is 14.4. The van der Waals surface area contributed by atoms with Gasteiger partial charge < -0.3 is 20.1 Å². The molecule has 0 radical (unpaired) electrons. The van der Waals surface area contributed by atoms with E-state index in [0.717, 1.165) is 35.3 Å². The molecule has 0 aliphatic heterocycles. The molecule has 38 heavy (non-hydrogen) atoms. The van der Waals surface area contributed by atoms with Gasteiger partial charge in [0.05, 0.1) is 36.2 Å². The first kappa shape index (κ1) is 27.5. The third-order valence-electron chi connectivity index (χ3n) is 5.81. The number of ether oxygens (including phenoxy) is 2. The van der Waals surface area contributed by atoms with Crippen molar-refractivity contribution in [1.82, 2.24) is 15.6 Å². The van der Waals surface area contributed by atoms with Gasteiger partial charge in [0.1, 0.15) is 5.01 Å². The Morgan fingerprint density at radius 1 is 1.08 bits per heavy atom. The van der Waals surface area contributed by atoms with E-state index in [2.05, 4.69) is 25.7 Å². The van der Waals surface area contributed by atoms with Crippen molar-refractivity contribution in [3.8, 4) is 11.1 Å². The van der Waals surface area contributed by atoms with Gasteiger partial charge in [0.15, 0.2) is 15.1 Å². The average molecular weight is 561 g/mol. The zero-order chi connectivity index (χ0) is 27.3. The van der Waals surface area contributed by atoms with Gasteiger partial charge in [-0.3, -0.25) is 14.9 Å². The Bertz CT molecular complexity index is 1430. The molecule has 1 aliphatic rings. The van der Waals surface area contributed by atoms with Gasteiger partial charge in [-0.25, -0.2) is 18.2 Å². The first-order chi connectivity index (χ1) is 18.2. The number of rotatable bonds is 11. The second-order valence-electron chi connectivity index (χ2n) is 8.73. The largest absolute Gasteiger partial charge is 0.453 e. The molecule has 1 heterocycles. The average Bonchev–Trinajstić information content (AvgIpc) is 3.61. The molecule has 13 heteroatoms. The van der Waals surface area contributed by atoms with Crippen LogP contribution in [0.25, 0.3) is 21.3 Å². The molecular weight excluding hydrogens is 532 g/mol. The smallest absolute Gasteiger partial charge is 0.411 e. The molecule has 1 saturated carbocycles. The second kappa shape index (κ2) is 11.9. The lowest BCUT2D eigenvalue weighted by Crippen LogP contribution is -2.41. The van der Waals surface area contributed by atoms with Crippen LogP contribution in [-0.2, 0) is 28.9 Å². The Morgan fingerprint density at radius 3 is 2.45 bits per heavy atom. The van der Waals surface area contributed by atoms with Crippen molar-refractivity contribution in [3.63, 3.8) is 0 Å². The summed E-state index contributed by atoms with van der Waals surface area (Å²) in [7, 11) is -1.33. The Kier molecular flexibility index (Phi) is 8.59. The number of methoxy groups -OCH3 is 2. The lowest BCUT2D eigenvalue weighted by atomic mass is 10.1. The number of amides is 3. The molecule has 1 aliphatic carbocycles. The molecule has 1 fully saturated rings. The third kappa shape index (κ3) is 6.85. The van der Waals surface area contributed by atoms with Crippen molar-refractivity contribution in [1.29, 1.82) is 0 Å². The number of anilines is 1. The zero-order valence-electron chi connectivity index (χ0n) is 20.9. The molecule has 4 rings (SSSR count). The van der Waals surface area contributed by atoms with Crippen molar-refractivity contribution in [2.24, 2.45) is 0 Å². The second-order valence-corrected chi connectivity index (χ2v) is 12.0. The number of aromatic nitrogens is 1. The SMILES string of the molecule is COCCS(=O)(=O)C(C(=O)NCC(=O)NC1CC1)c1nc2ccc(-c3ccc(NC(=O)OC)cc3)cc2s1. The summed E-state index contributed by atoms with van der Waals surface area (Å²) in [6.45, 7) is -0.397. The van der Waals surface area contributed by atoms with Gasteiger partial charge in [-0.15, -0.1) is 11.3 Å². The Balaban J connectivity index is 1.58. The van der Waals surface area contributed by atoms with E-state index in [1.165, 1.54) is 14.2 Å². The zero-order valence-corrected chi connectivity index (χ0v) is 22.5. The molecule has 11 nitrogen and oxygen atoms in total. The van der Waals surface area contributed by atoms with E-state index in [1.807, 2.05) is 24.3 Å². The number of benzene rings is 2. The molecule has 1 atom stereocenters. The van der Waals surface area contributed by atoms with Crippen LogP contribution in [0.1, 0.15) is 23.1 Å². The summed E-state index contributed by atoms with van der Waals surface area (Å²) in [4.78, 5) is 41.0. The molecule has 1 unspecified atom stereocenters. The number of nitrogens with one attached hydrogen (secondary N) is 3. The Labute approximate surface area is 223 Å². The topological polar surface area (TPSA) is 153 Å². The van der Waals surface area contributed by atoms with Crippen LogP contribution in [0.4, 0.5) is 10.5 Å². The van der Waals surface area contributed by atoms with Crippen LogP contribution in [0.3, 0.4) is 0 Å². The maximum Gasteiger partial charge on any atom is 0.411 e. The van der Waals surface area contributed by atoms with Gasteiger partial charge >= 0.3 is 6.09 Å². The van der Waals surface area contributed by atoms with Crippen LogP contribution < -0.4 is 16.0 Å². The van der Waals surface area contributed by atoms with Crippen LogP contribution in [0, 0.1) is 0 Å². The fourth-order valence-corrected chi connectivity index (χ4v) is 6.64. The van der Waals surface area contributed by atoms with Crippen LogP contribution in [-0.4, -0.2) is 70.5 Å². The normalized spacial score (nSPS) is 14.1. The van der Waals surface area contributed by atoms with Gasteiger partial charge in [-0.1, -0.05) is 18.2 Å². The van der Waals surface area contributed by atoms with E-state index in [1.54, 1.807) is 18.2 Å². The minimum absolute atomic E-state index is 0.0792.